The van der Waals surface area contributed by atoms with Crippen molar-refractivity contribution in [2.24, 2.45) is 5.92 Å². The normalized spacial score (nSPS) is 14.8. The molecule has 0 aliphatic heterocycles. The Morgan fingerprint density at radius 2 is 1.53 bits per heavy atom. The lowest BCUT2D eigenvalue weighted by Gasteiger charge is -2.28. The minimum absolute atomic E-state index is 0.108. The van der Waals surface area contributed by atoms with Crippen molar-refractivity contribution < 1.29 is 19.5 Å². The van der Waals surface area contributed by atoms with Crippen LogP contribution in [0.1, 0.15) is 53.6 Å². The van der Waals surface area contributed by atoms with Crippen LogP contribution in [-0.4, -0.2) is 29.1 Å². The van der Waals surface area contributed by atoms with Gasteiger partial charge in [0, 0.05) is 10.2 Å². The van der Waals surface area contributed by atoms with Crippen LogP contribution in [0, 0.1) is 19.8 Å². The van der Waals surface area contributed by atoms with Crippen LogP contribution >= 0.6 is 15.9 Å². The molecule has 1 aliphatic carbocycles. The first-order valence-corrected chi connectivity index (χ1v) is 12.9. The molecule has 3 aromatic rings. The molecule has 4 N–H and O–H groups in total. The maximum Gasteiger partial charge on any atom is 0.326 e. The molecule has 0 unspecified atom stereocenters. The SMILES string of the molecule is Cc1cc(Br)cc(C)c1NC(=O)Nc1cc2ccccc2cc1C(=O)N[C@H](C(=O)O)C1CCCCC1. The van der Waals surface area contributed by atoms with Gasteiger partial charge in [-0.2, -0.15) is 0 Å². The zero-order valence-electron chi connectivity index (χ0n) is 20.4. The van der Waals surface area contributed by atoms with Crippen molar-refractivity contribution in [3.63, 3.8) is 0 Å². The van der Waals surface area contributed by atoms with E-state index in [9.17, 15) is 19.5 Å². The number of fused-ring (bicyclic) bond motifs is 1. The molecule has 0 spiro atoms. The third-order valence-corrected chi connectivity index (χ3v) is 7.25. The van der Waals surface area contributed by atoms with Crippen molar-refractivity contribution in [3.8, 4) is 0 Å². The van der Waals surface area contributed by atoms with Gasteiger partial charge in [-0.1, -0.05) is 59.5 Å². The number of carbonyl (C=O) groups excluding carboxylic acids is 2. The number of carboxylic acids is 1. The summed E-state index contributed by atoms with van der Waals surface area (Å²) in [5.74, 6) is -1.67. The molecule has 0 heterocycles. The number of halogens is 1. The molecule has 0 radical (unpaired) electrons. The van der Waals surface area contributed by atoms with Crippen molar-refractivity contribution in [2.45, 2.75) is 52.0 Å². The molecule has 1 atom stereocenters. The highest BCUT2D eigenvalue weighted by molar-refractivity contribution is 9.10. The summed E-state index contributed by atoms with van der Waals surface area (Å²) in [5, 5.41) is 19.9. The summed E-state index contributed by atoms with van der Waals surface area (Å²) in [6.45, 7) is 3.80. The largest absolute Gasteiger partial charge is 0.480 e. The Morgan fingerprint density at radius 1 is 0.917 bits per heavy atom. The molecule has 0 bridgehead atoms. The molecule has 7 nitrogen and oxygen atoms in total. The molecule has 1 aliphatic rings. The van der Waals surface area contributed by atoms with E-state index in [1.807, 2.05) is 50.2 Å². The summed E-state index contributed by atoms with van der Waals surface area (Å²) in [4.78, 5) is 38.4. The topological polar surface area (TPSA) is 108 Å². The minimum atomic E-state index is -1.04. The summed E-state index contributed by atoms with van der Waals surface area (Å²) in [6.07, 6.45) is 4.55. The molecule has 4 rings (SSSR count). The second kappa shape index (κ2) is 11.1. The highest BCUT2D eigenvalue weighted by Gasteiger charge is 2.31. The van der Waals surface area contributed by atoms with Crippen LogP contribution in [-0.2, 0) is 4.79 Å². The van der Waals surface area contributed by atoms with Crippen molar-refractivity contribution in [2.75, 3.05) is 10.6 Å². The molecule has 0 saturated heterocycles. The molecular weight excluding hydrogens is 522 g/mol. The fourth-order valence-corrected chi connectivity index (χ4v) is 5.66. The highest BCUT2D eigenvalue weighted by atomic mass is 79.9. The van der Waals surface area contributed by atoms with E-state index < -0.39 is 23.9 Å². The molecule has 3 aromatic carbocycles. The molecular formula is C28H30BrN3O4. The van der Waals surface area contributed by atoms with Crippen molar-refractivity contribution in [1.29, 1.82) is 0 Å². The quantitative estimate of drug-likeness (QED) is 0.276. The van der Waals surface area contributed by atoms with E-state index in [1.165, 1.54) is 0 Å². The van der Waals surface area contributed by atoms with Gasteiger partial charge in [0.2, 0.25) is 0 Å². The van der Waals surface area contributed by atoms with Gasteiger partial charge in [-0.3, -0.25) is 4.79 Å². The lowest BCUT2D eigenvalue weighted by molar-refractivity contribution is -0.141. The summed E-state index contributed by atoms with van der Waals surface area (Å²) in [5.41, 5.74) is 3.00. The molecule has 1 fully saturated rings. The second-order valence-electron chi connectivity index (χ2n) is 9.43. The Balaban J connectivity index is 1.63. The first kappa shape index (κ1) is 25.7. The molecule has 188 valence electrons. The predicted octanol–water partition coefficient (Wildman–Crippen LogP) is 6.63. The monoisotopic (exact) mass is 551 g/mol. The number of benzene rings is 3. The van der Waals surface area contributed by atoms with Crippen LogP contribution in [0.2, 0.25) is 0 Å². The first-order chi connectivity index (χ1) is 17.2. The van der Waals surface area contributed by atoms with Crippen LogP contribution in [0.25, 0.3) is 10.8 Å². The number of urea groups is 1. The number of carboxylic acid groups (broad SMARTS) is 1. The van der Waals surface area contributed by atoms with Gasteiger partial charge >= 0.3 is 12.0 Å². The number of hydrogen-bond donors (Lipinski definition) is 4. The van der Waals surface area contributed by atoms with Crippen LogP contribution in [0.3, 0.4) is 0 Å². The van der Waals surface area contributed by atoms with E-state index in [0.29, 0.717) is 11.4 Å². The summed E-state index contributed by atoms with van der Waals surface area (Å²) < 4.78 is 0.919. The number of hydrogen-bond acceptors (Lipinski definition) is 3. The van der Waals surface area contributed by atoms with E-state index in [-0.39, 0.29) is 11.5 Å². The average Bonchev–Trinajstić information content (AvgIpc) is 2.84. The van der Waals surface area contributed by atoms with Crippen LogP contribution in [0.15, 0.2) is 53.0 Å². The number of nitrogens with one attached hydrogen (secondary N) is 3. The lowest BCUT2D eigenvalue weighted by atomic mass is 9.83. The maximum atomic E-state index is 13.4. The van der Waals surface area contributed by atoms with Gasteiger partial charge < -0.3 is 21.1 Å². The zero-order valence-corrected chi connectivity index (χ0v) is 21.9. The minimum Gasteiger partial charge on any atom is -0.480 e. The number of rotatable bonds is 6. The molecule has 3 amide bonds. The Hall–Kier alpha value is -3.39. The predicted molar refractivity (Wildman–Crippen MR) is 146 cm³/mol. The summed E-state index contributed by atoms with van der Waals surface area (Å²) in [6, 6.07) is 13.3. The lowest BCUT2D eigenvalue weighted by Crippen LogP contribution is -2.46. The number of aliphatic carboxylic acids is 1. The Bertz CT molecular complexity index is 1290. The van der Waals surface area contributed by atoms with Crippen LogP contribution in [0.4, 0.5) is 16.2 Å². The number of aryl methyl sites for hydroxylation is 2. The van der Waals surface area contributed by atoms with E-state index >= 15 is 0 Å². The molecule has 8 heteroatoms. The molecule has 36 heavy (non-hydrogen) atoms. The van der Waals surface area contributed by atoms with Gasteiger partial charge in [-0.15, -0.1) is 0 Å². The van der Waals surface area contributed by atoms with E-state index in [4.69, 9.17) is 0 Å². The summed E-state index contributed by atoms with van der Waals surface area (Å²) in [7, 11) is 0. The highest BCUT2D eigenvalue weighted by Crippen LogP contribution is 2.29. The standard InChI is InChI=1S/C28H30BrN3O4/c1-16-12-21(29)13-17(2)24(16)32-28(36)30-23-15-20-11-7-6-10-19(20)14-22(23)26(33)31-25(27(34)35)18-8-4-3-5-9-18/h6-7,10-15,18,25H,3-5,8-9H2,1-2H3,(H,31,33)(H,34,35)(H2,30,32,36)/t25-/m0/s1. The van der Waals surface area contributed by atoms with Gasteiger partial charge in [-0.05, 0) is 78.8 Å². The number of amides is 3. The zero-order chi connectivity index (χ0) is 25.8. The second-order valence-corrected chi connectivity index (χ2v) is 10.3. The maximum absolute atomic E-state index is 13.4. The van der Waals surface area contributed by atoms with Crippen molar-refractivity contribution >= 4 is 56.0 Å². The van der Waals surface area contributed by atoms with Crippen molar-refractivity contribution in [3.05, 3.63) is 69.7 Å². The average molecular weight is 552 g/mol. The van der Waals surface area contributed by atoms with Crippen LogP contribution in [0.5, 0.6) is 0 Å². The van der Waals surface area contributed by atoms with E-state index in [0.717, 1.165) is 58.5 Å². The van der Waals surface area contributed by atoms with E-state index in [2.05, 4.69) is 31.9 Å². The smallest absolute Gasteiger partial charge is 0.326 e. The number of anilines is 2. The van der Waals surface area contributed by atoms with Gasteiger partial charge in [0.1, 0.15) is 6.04 Å². The van der Waals surface area contributed by atoms with Crippen LogP contribution < -0.4 is 16.0 Å². The fourth-order valence-electron chi connectivity index (χ4n) is 4.97. The Morgan fingerprint density at radius 3 is 2.14 bits per heavy atom. The summed E-state index contributed by atoms with van der Waals surface area (Å²) >= 11 is 3.46. The van der Waals surface area contributed by atoms with Gasteiger partial charge in [0.15, 0.2) is 0 Å². The van der Waals surface area contributed by atoms with Gasteiger partial charge in [0.05, 0.1) is 11.3 Å². The van der Waals surface area contributed by atoms with Crippen molar-refractivity contribution in [1.82, 2.24) is 5.32 Å². The van der Waals surface area contributed by atoms with Gasteiger partial charge in [-0.25, -0.2) is 9.59 Å². The molecule has 0 aromatic heterocycles. The van der Waals surface area contributed by atoms with E-state index in [1.54, 1.807) is 12.1 Å². The molecule has 1 saturated carbocycles. The first-order valence-electron chi connectivity index (χ1n) is 12.1. The third-order valence-electron chi connectivity index (χ3n) is 6.79. The fraction of sp³-hybridized carbons (Fsp3) is 0.321. The Labute approximate surface area is 218 Å². The Kier molecular flexibility index (Phi) is 7.94. The third kappa shape index (κ3) is 5.87. The van der Waals surface area contributed by atoms with Gasteiger partial charge in [0.25, 0.3) is 5.91 Å². The number of carbonyl (C=O) groups is 3.